The number of likely N-dealkylation sites (N-methyl/N-ethyl adjacent to an activating group) is 1. The van der Waals surface area contributed by atoms with E-state index in [-0.39, 0.29) is 0 Å². The Morgan fingerprint density at radius 2 is 2.24 bits per heavy atom. The Morgan fingerprint density at radius 3 is 2.94 bits per heavy atom. The molecule has 0 spiro atoms. The first kappa shape index (κ1) is 12.3. The van der Waals surface area contributed by atoms with Crippen molar-refractivity contribution in [3.8, 4) is 5.75 Å². The lowest BCUT2D eigenvalue weighted by molar-refractivity contribution is 0.278. The summed E-state index contributed by atoms with van der Waals surface area (Å²) >= 11 is 1.60. The SMILES string of the molecule is CC(C)N(C)CCc1csc2nccc(O)c12. The first-order valence-electron chi connectivity index (χ1n) is 5.84. The Hall–Kier alpha value is -1.13. The van der Waals surface area contributed by atoms with Gasteiger partial charge in [0.05, 0.1) is 5.39 Å². The number of hydrogen-bond donors (Lipinski definition) is 1. The lowest BCUT2D eigenvalue weighted by Crippen LogP contribution is -2.28. The third-order valence-electron chi connectivity index (χ3n) is 3.14. The molecule has 4 heteroatoms. The van der Waals surface area contributed by atoms with Crippen molar-refractivity contribution in [1.29, 1.82) is 0 Å². The fourth-order valence-corrected chi connectivity index (χ4v) is 2.71. The van der Waals surface area contributed by atoms with Gasteiger partial charge < -0.3 is 10.0 Å². The van der Waals surface area contributed by atoms with E-state index in [4.69, 9.17) is 0 Å². The number of aromatic nitrogens is 1. The Kier molecular flexibility index (Phi) is 3.64. The van der Waals surface area contributed by atoms with E-state index in [1.54, 1.807) is 23.6 Å². The van der Waals surface area contributed by atoms with Gasteiger partial charge >= 0.3 is 0 Å². The van der Waals surface area contributed by atoms with Crippen LogP contribution in [-0.2, 0) is 6.42 Å². The minimum Gasteiger partial charge on any atom is -0.507 e. The Labute approximate surface area is 106 Å². The third-order valence-corrected chi connectivity index (χ3v) is 4.08. The molecule has 0 unspecified atom stereocenters. The highest BCUT2D eigenvalue weighted by molar-refractivity contribution is 7.17. The second kappa shape index (κ2) is 5.02. The topological polar surface area (TPSA) is 36.4 Å². The lowest BCUT2D eigenvalue weighted by Gasteiger charge is -2.20. The molecule has 0 aliphatic heterocycles. The van der Waals surface area contributed by atoms with Gasteiger partial charge in [0.1, 0.15) is 10.6 Å². The van der Waals surface area contributed by atoms with Gasteiger partial charge in [-0.15, -0.1) is 11.3 Å². The predicted octanol–water partition coefficient (Wildman–Crippen LogP) is 2.88. The van der Waals surface area contributed by atoms with Gasteiger partial charge in [-0.1, -0.05) is 0 Å². The maximum Gasteiger partial charge on any atom is 0.127 e. The van der Waals surface area contributed by atoms with Crippen LogP contribution in [-0.4, -0.2) is 34.6 Å². The number of fused-ring (bicyclic) bond motifs is 1. The number of aromatic hydroxyl groups is 1. The van der Waals surface area contributed by atoms with Crippen LogP contribution >= 0.6 is 11.3 Å². The molecule has 0 aliphatic rings. The third kappa shape index (κ3) is 2.58. The number of hydrogen-bond acceptors (Lipinski definition) is 4. The van der Waals surface area contributed by atoms with Crippen LogP contribution in [0.5, 0.6) is 5.75 Å². The molecule has 0 atom stereocenters. The van der Waals surface area contributed by atoms with Crippen molar-refractivity contribution in [2.45, 2.75) is 26.3 Å². The van der Waals surface area contributed by atoms with Crippen LogP contribution in [0.3, 0.4) is 0 Å². The van der Waals surface area contributed by atoms with Crippen molar-refractivity contribution < 1.29 is 5.11 Å². The molecule has 2 aromatic heterocycles. The van der Waals surface area contributed by atoms with E-state index in [0.29, 0.717) is 11.8 Å². The van der Waals surface area contributed by atoms with Crippen molar-refractivity contribution in [3.63, 3.8) is 0 Å². The molecule has 0 bridgehead atoms. The molecule has 1 N–H and O–H groups in total. The van der Waals surface area contributed by atoms with Gasteiger partial charge in [-0.2, -0.15) is 0 Å². The van der Waals surface area contributed by atoms with Crippen LogP contribution in [0.4, 0.5) is 0 Å². The fraction of sp³-hybridized carbons (Fsp3) is 0.462. The van der Waals surface area contributed by atoms with Gasteiger partial charge in [-0.25, -0.2) is 4.98 Å². The minimum atomic E-state index is 0.346. The molecule has 0 saturated carbocycles. The lowest BCUT2D eigenvalue weighted by atomic mass is 10.1. The average Bonchev–Trinajstić information content (AvgIpc) is 2.70. The van der Waals surface area contributed by atoms with Gasteiger partial charge in [0.2, 0.25) is 0 Å². The van der Waals surface area contributed by atoms with Gasteiger partial charge in [0, 0.05) is 18.8 Å². The monoisotopic (exact) mass is 250 g/mol. The van der Waals surface area contributed by atoms with E-state index in [0.717, 1.165) is 23.2 Å². The fourth-order valence-electron chi connectivity index (χ4n) is 1.75. The zero-order valence-electron chi connectivity index (χ0n) is 10.5. The summed E-state index contributed by atoms with van der Waals surface area (Å²) < 4.78 is 0. The zero-order chi connectivity index (χ0) is 12.4. The summed E-state index contributed by atoms with van der Waals surface area (Å²) in [7, 11) is 2.12. The molecular weight excluding hydrogens is 232 g/mol. The highest BCUT2D eigenvalue weighted by Crippen LogP contribution is 2.31. The largest absolute Gasteiger partial charge is 0.507 e. The highest BCUT2D eigenvalue weighted by atomic mass is 32.1. The second-order valence-electron chi connectivity index (χ2n) is 4.60. The van der Waals surface area contributed by atoms with E-state index in [2.05, 4.69) is 36.2 Å². The first-order chi connectivity index (χ1) is 8.09. The van der Waals surface area contributed by atoms with Gasteiger partial charge in [-0.05, 0) is 44.3 Å². The van der Waals surface area contributed by atoms with Crippen molar-refractivity contribution in [3.05, 3.63) is 23.2 Å². The van der Waals surface area contributed by atoms with E-state index in [9.17, 15) is 5.11 Å². The normalized spacial score (nSPS) is 11.8. The molecule has 0 saturated heterocycles. The quantitative estimate of drug-likeness (QED) is 0.906. The molecule has 0 aliphatic carbocycles. The molecule has 92 valence electrons. The second-order valence-corrected chi connectivity index (χ2v) is 5.45. The molecule has 2 heterocycles. The van der Waals surface area contributed by atoms with Crippen LogP contribution < -0.4 is 0 Å². The summed E-state index contributed by atoms with van der Waals surface area (Å²) in [6.07, 6.45) is 2.60. The molecule has 17 heavy (non-hydrogen) atoms. The summed E-state index contributed by atoms with van der Waals surface area (Å²) in [6.45, 7) is 5.37. The van der Waals surface area contributed by atoms with E-state index >= 15 is 0 Å². The van der Waals surface area contributed by atoms with Gasteiger partial charge in [-0.3, -0.25) is 0 Å². The zero-order valence-corrected chi connectivity index (χ0v) is 11.3. The molecular formula is C13H18N2OS. The average molecular weight is 250 g/mol. The number of rotatable bonds is 4. The van der Waals surface area contributed by atoms with Crippen molar-refractivity contribution in [2.24, 2.45) is 0 Å². The van der Waals surface area contributed by atoms with Crippen LogP contribution in [0.15, 0.2) is 17.6 Å². The summed E-state index contributed by atoms with van der Waals surface area (Å²) in [6, 6.07) is 2.21. The number of nitrogens with zero attached hydrogens (tertiary/aromatic N) is 2. The molecule has 2 aromatic rings. The van der Waals surface area contributed by atoms with Crippen LogP contribution in [0, 0.1) is 0 Å². The maximum atomic E-state index is 9.87. The first-order valence-corrected chi connectivity index (χ1v) is 6.72. The summed E-state index contributed by atoms with van der Waals surface area (Å²) in [5.74, 6) is 0.346. The van der Waals surface area contributed by atoms with Gasteiger partial charge in [0.25, 0.3) is 0 Å². The van der Waals surface area contributed by atoms with Crippen LogP contribution in [0.2, 0.25) is 0 Å². The summed E-state index contributed by atoms with van der Waals surface area (Å²) in [4.78, 5) is 7.50. The molecule has 3 nitrogen and oxygen atoms in total. The minimum absolute atomic E-state index is 0.346. The molecule has 0 fully saturated rings. The van der Waals surface area contributed by atoms with Crippen molar-refractivity contribution >= 4 is 21.6 Å². The Balaban J connectivity index is 2.19. The smallest absolute Gasteiger partial charge is 0.127 e. The standard InChI is InChI=1S/C13H18N2OS/c1-9(2)15(3)7-5-10-8-17-13-12(10)11(16)4-6-14-13/h4,6,8-9H,5,7H2,1-3H3,(H,14,16). The molecule has 0 aromatic carbocycles. The molecule has 2 rings (SSSR count). The Bertz CT molecular complexity index is 507. The number of thiophene rings is 1. The summed E-state index contributed by atoms with van der Waals surface area (Å²) in [5.41, 5.74) is 1.20. The maximum absolute atomic E-state index is 9.87. The van der Waals surface area contributed by atoms with E-state index < -0.39 is 0 Å². The van der Waals surface area contributed by atoms with Crippen molar-refractivity contribution in [2.75, 3.05) is 13.6 Å². The van der Waals surface area contributed by atoms with E-state index in [1.807, 2.05) is 0 Å². The molecule has 0 radical (unpaired) electrons. The van der Waals surface area contributed by atoms with Crippen LogP contribution in [0.25, 0.3) is 10.2 Å². The van der Waals surface area contributed by atoms with Gasteiger partial charge in [0.15, 0.2) is 0 Å². The number of pyridine rings is 1. The Morgan fingerprint density at radius 1 is 1.47 bits per heavy atom. The highest BCUT2D eigenvalue weighted by Gasteiger charge is 2.10. The van der Waals surface area contributed by atoms with Crippen molar-refractivity contribution in [1.82, 2.24) is 9.88 Å². The summed E-state index contributed by atoms with van der Waals surface area (Å²) in [5, 5.41) is 12.9. The predicted molar refractivity (Wildman–Crippen MR) is 72.8 cm³/mol. The van der Waals surface area contributed by atoms with E-state index in [1.165, 1.54) is 5.56 Å². The molecule has 0 amide bonds. The van der Waals surface area contributed by atoms with Crippen LogP contribution in [0.1, 0.15) is 19.4 Å².